The zero-order valence-corrected chi connectivity index (χ0v) is 9.50. The Balaban J connectivity index is 2.37. The van der Waals surface area contributed by atoms with E-state index >= 15 is 0 Å². The molecule has 80 valence electrons. The number of carbonyl (C=O) groups excluding carboxylic acids is 1. The van der Waals surface area contributed by atoms with Gasteiger partial charge in [-0.25, -0.2) is 0 Å². The number of amides is 1. The second-order valence-electron chi connectivity index (χ2n) is 4.67. The van der Waals surface area contributed by atoms with Crippen LogP contribution in [0.15, 0.2) is 18.2 Å². The molecule has 2 heteroatoms. The molecule has 15 heavy (non-hydrogen) atoms. The molecule has 2 nitrogen and oxygen atoms in total. The fourth-order valence-electron chi connectivity index (χ4n) is 1.94. The van der Waals surface area contributed by atoms with E-state index in [4.69, 9.17) is 0 Å². The highest BCUT2D eigenvalue weighted by Gasteiger charge is 2.22. The monoisotopic (exact) mass is 203 g/mol. The fourth-order valence-corrected chi connectivity index (χ4v) is 1.94. The van der Waals surface area contributed by atoms with Gasteiger partial charge in [-0.3, -0.25) is 4.79 Å². The van der Waals surface area contributed by atoms with Crippen LogP contribution in [0.25, 0.3) is 0 Å². The van der Waals surface area contributed by atoms with Crippen LogP contribution in [0.3, 0.4) is 0 Å². The Morgan fingerprint density at radius 2 is 2.13 bits per heavy atom. The second kappa shape index (κ2) is 3.69. The van der Waals surface area contributed by atoms with E-state index in [-0.39, 0.29) is 11.8 Å². The van der Waals surface area contributed by atoms with Crippen LogP contribution < -0.4 is 5.32 Å². The summed E-state index contributed by atoms with van der Waals surface area (Å²) in [6, 6.07) is 6.34. The first-order chi connectivity index (χ1) is 7.08. The molecule has 0 saturated heterocycles. The minimum Gasteiger partial charge on any atom is -0.326 e. The SMILES string of the molecule is CC1Cc2cc(C(C)C)ccc2NC1=O. The molecule has 1 aliphatic rings. The first-order valence-electron chi connectivity index (χ1n) is 5.51. The minimum atomic E-state index is 0.0971. The van der Waals surface area contributed by atoms with E-state index in [1.807, 2.05) is 13.0 Å². The van der Waals surface area contributed by atoms with Crippen LogP contribution in [0.1, 0.15) is 37.8 Å². The predicted molar refractivity (Wildman–Crippen MR) is 62.0 cm³/mol. The van der Waals surface area contributed by atoms with Crippen LogP contribution in [0.4, 0.5) is 5.69 Å². The molecule has 0 saturated carbocycles. The molecule has 0 fully saturated rings. The molecule has 1 atom stereocenters. The van der Waals surface area contributed by atoms with Crippen molar-refractivity contribution in [1.29, 1.82) is 0 Å². The third-order valence-electron chi connectivity index (χ3n) is 3.03. The Bertz CT molecular complexity index is 396. The molecule has 1 heterocycles. The lowest BCUT2D eigenvalue weighted by Crippen LogP contribution is -2.27. The molecule has 1 N–H and O–H groups in total. The first-order valence-corrected chi connectivity index (χ1v) is 5.51. The van der Waals surface area contributed by atoms with Crippen LogP contribution in [0.2, 0.25) is 0 Å². The maximum atomic E-state index is 11.5. The van der Waals surface area contributed by atoms with Crippen LogP contribution >= 0.6 is 0 Å². The lowest BCUT2D eigenvalue weighted by molar-refractivity contribution is -0.119. The number of anilines is 1. The van der Waals surface area contributed by atoms with Gasteiger partial charge in [0.25, 0.3) is 0 Å². The third-order valence-corrected chi connectivity index (χ3v) is 3.03. The molecular weight excluding hydrogens is 186 g/mol. The van der Waals surface area contributed by atoms with Crippen LogP contribution in [0.5, 0.6) is 0 Å². The second-order valence-corrected chi connectivity index (χ2v) is 4.67. The lowest BCUT2D eigenvalue weighted by atomic mass is 9.91. The Morgan fingerprint density at radius 3 is 2.80 bits per heavy atom. The quantitative estimate of drug-likeness (QED) is 0.747. The number of hydrogen-bond acceptors (Lipinski definition) is 1. The van der Waals surface area contributed by atoms with Gasteiger partial charge in [0.05, 0.1) is 0 Å². The van der Waals surface area contributed by atoms with Crippen molar-refractivity contribution in [2.45, 2.75) is 33.1 Å². The van der Waals surface area contributed by atoms with Gasteiger partial charge in [0.1, 0.15) is 0 Å². The van der Waals surface area contributed by atoms with Crippen molar-refractivity contribution >= 4 is 11.6 Å². The largest absolute Gasteiger partial charge is 0.326 e. The summed E-state index contributed by atoms with van der Waals surface area (Å²) in [6.07, 6.45) is 0.863. The van der Waals surface area contributed by atoms with E-state index in [2.05, 4.69) is 31.3 Å². The molecule has 1 aliphatic heterocycles. The number of carbonyl (C=O) groups is 1. The number of hydrogen-bond donors (Lipinski definition) is 1. The van der Waals surface area contributed by atoms with Gasteiger partial charge >= 0.3 is 0 Å². The average molecular weight is 203 g/mol. The summed E-state index contributed by atoms with van der Waals surface area (Å²) in [6.45, 7) is 6.35. The van der Waals surface area contributed by atoms with Crippen molar-refractivity contribution in [2.24, 2.45) is 5.92 Å². The average Bonchev–Trinajstić information content (AvgIpc) is 2.19. The highest BCUT2D eigenvalue weighted by atomic mass is 16.1. The van der Waals surface area contributed by atoms with Gasteiger partial charge in [0, 0.05) is 11.6 Å². The van der Waals surface area contributed by atoms with E-state index in [1.54, 1.807) is 0 Å². The summed E-state index contributed by atoms with van der Waals surface area (Å²) in [5, 5.41) is 2.94. The summed E-state index contributed by atoms with van der Waals surface area (Å²) >= 11 is 0. The van der Waals surface area contributed by atoms with Crippen LogP contribution in [0, 0.1) is 5.92 Å². The highest BCUT2D eigenvalue weighted by molar-refractivity contribution is 5.95. The van der Waals surface area contributed by atoms with E-state index in [9.17, 15) is 4.79 Å². The molecule has 0 aromatic heterocycles. The van der Waals surface area contributed by atoms with Gasteiger partial charge in [0.2, 0.25) is 5.91 Å². The van der Waals surface area contributed by atoms with Crippen molar-refractivity contribution in [2.75, 3.05) is 5.32 Å². The highest BCUT2D eigenvalue weighted by Crippen LogP contribution is 2.28. The first kappa shape index (κ1) is 10.2. The van der Waals surface area contributed by atoms with Crippen molar-refractivity contribution < 1.29 is 4.79 Å². The third kappa shape index (κ3) is 1.89. The van der Waals surface area contributed by atoms with Crippen LogP contribution in [-0.2, 0) is 11.2 Å². The summed E-state index contributed by atoms with van der Waals surface area (Å²) in [7, 11) is 0. The fraction of sp³-hybridized carbons (Fsp3) is 0.462. The Morgan fingerprint density at radius 1 is 1.40 bits per heavy atom. The zero-order chi connectivity index (χ0) is 11.0. The van der Waals surface area contributed by atoms with Gasteiger partial charge in [-0.05, 0) is 29.5 Å². The maximum absolute atomic E-state index is 11.5. The van der Waals surface area contributed by atoms with Crippen LogP contribution in [-0.4, -0.2) is 5.91 Å². The molecule has 1 unspecified atom stereocenters. The molecule has 0 radical (unpaired) electrons. The normalized spacial score (nSPS) is 20.0. The molecular formula is C13H17NO. The Labute approximate surface area is 90.7 Å². The standard InChI is InChI=1S/C13H17NO/c1-8(2)10-4-5-12-11(7-10)6-9(3)13(15)14-12/h4-5,7-9H,6H2,1-3H3,(H,14,15). The number of nitrogens with one attached hydrogen (secondary N) is 1. The predicted octanol–water partition coefficient (Wildman–Crippen LogP) is 2.94. The summed E-state index contributed by atoms with van der Waals surface area (Å²) in [5.74, 6) is 0.781. The minimum absolute atomic E-state index is 0.0971. The summed E-state index contributed by atoms with van der Waals surface area (Å²) in [5.41, 5.74) is 3.60. The zero-order valence-electron chi connectivity index (χ0n) is 9.50. The molecule has 1 aromatic rings. The van der Waals surface area contributed by atoms with Crippen molar-refractivity contribution in [3.8, 4) is 0 Å². The van der Waals surface area contributed by atoms with E-state index in [0.29, 0.717) is 5.92 Å². The van der Waals surface area contributed by atoms with Gasteiger partial charge in [-0.1, -0.05) is 32.9 Å². The molecule has 1 amide bonds. The van der Waals surface area contributed by atoms with Crippen molar-refractivity contribution in [3.63, 3.8) is 0 Å². The van der Waals surface area contributed by atoms with E-state index < -0.39 is 0 Å². The summed E-state index contributed by atoms with van der Waals surface area (Å²) in [4.78, 5) is 11.5. The summed E-state index contributed by atoms with van der Waals surface area (Å²) < 4.78 is 0. The molecule has 1 aromatic carbocycles. The molecule has 2 rings (SSSR count). The molecule has 0 aliphatic carbocycles. The van der Waals surface area contributed by atoms with Gasteiger partial charge in [-0.15, -0.1) is 0 Å². The van der Waals surface area contributed by atoms with Gasteiger partial charge in [-0.2, -0.15) is 0 Å². The Kier molecular flexibility index (Phi) is 2.51. The molecule has 0 spiro atoms. The number of rotatable bonds is 1. The van der Waals surface area contributed by atoms with Gasteiger partial charge in [0.15, 0.2) is 0 Å². The number of benzene rings is 1. The lowest BCUT2D eigenvalue weighted by Gasteiger charge is -2.23. The number of fused-ring (bicyclic) bond motifs is 1. The topological polar surface area (TPSA) is 29.1 Å². The maximum Gasteiger partial charge on any atom is 0.227 e. The van der Waals surface area contributed by atoms with Crippen molar-refractivity contribution in [1.82, 2.24) is 0 Å². The van der Waals surface area contributed by atoms with E-state index in [0.717, 1.165) is 12.1 Å². The van der Waals surface area contributed by atoms with Gasteiger partial charge < -0.3 is 5.32 Å². The Hall–Kier alpha value is -1.31. The smallest absolute Gasteiger partial charge is 0.227 e. The van der Waals surface area contributed by atoms with E-state index in [1.165, 1.54) is 11.1 Å². The van der Waals surface area contributed by atoms with Crippen molar-refractivity contribution in [3.05, 3.63) is 29.3 Å². The molecule has 0 bridgehead atoms.